The minimum atomic E-state index is 0.654. The van der Waals surface area contributed by atoms with Crippen molar-refractivity contribution < 1.29 is 4.74 Å². The fourth-order valence-electron chi connectivity index (χ4n) is 2.05. The summed E-state index contributed by atoms with van der Waals surface area (Å²) in [4.78, 5) is 0. The average molecular weight is 153 g/mol. The van der Waals surface area contributed by atoms with Crippen LogP contribution >= 0.6 is 0 Å². The minimum Gasteiger partial charge on any atom is -0.370 e. The lowest BCUT2D eigenvalue weighted by atomic mass is 9.86. The summed E-state index contributed by atoms with van der Waals surface area (Å²) in [6.45, 7) is 2.25. The largest absolute Gasteiger partial charge is 0.370 e. The van der Waals surface area contributed by atoms with Crippen LogP contribution < -0.4 is 0 Å². The molecule has 11 heavy (non-hydrogen) atoms. The summed E-state index contributed by atoms with van der Waals surface area (Å²) >= 11 is 0. The molecule has 1 nitrogen and oxygen atoms in total. The second-order valence-corrected chi connectivity index (χ2v) is 3.81. The van der Waals surface area contributed by atoms with Crippen LogP contribution in [0.1, 0.15) is 39.0 Å². The van der Waals surface area contributed by atoms with E-state index >= 15 is 0 Å². The van der Waals surface area contributed by atoms with Crippen LogP contribution in [0.2, 0.25) is 0 Å². The number of fused-ring (bicyclic) bond motifs is 1. The Morgan fingerprint density at radius 3 is 3.00 bits per heavy atom. The van der Waals surface area contributed by atoms with Crippen molar-refractivity contribution >= 4 is 0 Å². The van der Waals surface area contributed by atoms with E-state index in [0.717, 1.165) is 5.92 Å². The molecule has 0 aromatic heterocycles. The van der Waals surface area contributed by atoms with Gasteiger partial charge in [0.2, 0.25) is 0 Å². The van der Waals surface area contributed by atoms with Gasteiger partial charge in [-0.1, -0.05) is 19.8 Å². The maximum absolute atomic E-state index is 5.47. The van der Waals surface area contributed by atoms with Gasteiger partial charge in [0.25, 0.3) is 0 Å². The second kappa shape index (κ2) is 3.14. The van der Waals surface area contributed by atoms with E-state index in [1.807, 2.05) is 0 Å². The average Bonchev–Trinajstić information content (AvgIpc) is 2.78. The summed E-state index contributed by atoms with van der Waals surface area (Å²) in [7, 11) is 0. The Bertz CT molecular complexity index is 133. The van der Waals surface area contributed by atoms with Gasteiger partial charge in [-0.05, 0) is 31.6 Å². The molecule has 0 amide bonds. The van der Waals surface area contributed by atoms with Crippen molar-refractivity contribution in [2.45, 2.75) is 51.2 Å². The van der Waals surface area contributed by atoms with Crippen molar-refractivity contribution in [3.8, 4) is 0 Å². The summed E-state index contributed by atoms with van der Waals surface area (Å²) < 4.78 is 5.47. The molecule has 0 bridgehead atoms. The molecule has 0 aromatic rings. The van der Waals surface area contributed by atoms with Crippen LogP contribution in [0.4, 0.5) is 0 Å². The molecular formula is C10H17O. The standard InChI is InChI=1S/C10H17O/c1-2-3-4-8-5-6-9-10(7-8)11-9/h4,8-10H,2-3,5-7H2,1H3. The molecule has 2 fully saturated rings. The van der Waals surface area contributed by atoms with E-state index in [2.05, 4.69) is 13.3 Å². The van der Waals surface area contributed by atoms with Gasteiger partial charge in [-0.3, -0.25) is 0 Å². The molecule has 1 saturated heterocycles. The number of hydrogen-bond acceptors (Lipinski definition) is 1. The molecule has 63 valence electrons. The Hall–Kier alpha value is -0.0400. The van der Waals surface area contributed by atoms with E-state index in [-0.39, 0.29) is 0 Å². The van der Waals surface area contributed by atoms with Crippen LogP contribution in [0.15, 0.2) is 0 Å². The summed E-state index contributed by atoms with van der Waals surface area (Å²) in [5, 5.41) is 0. The van der Waals surface area contributed by atoms with E-state index in [4.69, 9.17) is 4.74 Å². The van der Waals surface area contributed by atoms with Crippen molar-refractivity contribution in [1.82, 2.24) is 0 Å². The predicted molar refractivity (Wildman–Crippen MR) is 45.2 cm³/mol. The smallest absolute Gasteiger partial charge is 0.0844 e. The normalized spacial score (nSPS) is 41.7. The van der Waals surface area contributed by atoms with Crippen molar-refractivity contribution in [1.29, 1.82) is 0 Å². The monoisotopic (exact) mass is 153 g/mol. The third-order valence-electron chi connectivity index (χ3n) is 2.83. The Kier molecular flexibility index (Phi) is 2.17. The molecule has 3 atom stereocenters. The number of unbranched alkanes of at least 4 members (excludes halogenated alkanes) is 1. The number of ether oxygens (including phenoxy) is 1. The minimum absolute atomic E-state index is 0.654. The lowest BCUT2D eigenvalue weighted by Crippen LogP contribution is -2.13. The molecule has 1 radical (unpaired) electrons. The van der Waals surface area contributed by atoms with Crippen molar-refractivity contribution in [2.75, 3.05) is 0 Å². The zero-order valence-electron chi connectivity index (χ0n) is 7.25. The van der Waals surface area contributed by atoms with Gasteiger partial charge in [0.05, 0.1) is 12.2 Å². The predicted octanol–water partition coefficient (Wildman–Crippen LogP) is 2.56. The first-order valence-electron chi connectivity index (χ1n) is 4.89. The summed E-state index contributed by atoms with van der Waals surface area (Å²) in [6, 6.07) is 0. The third-order valence-corrected chi connectivity index (χ3v) is 2.83. The topological polar surface area (TPSA) is 12.5 Å². The summed E-state index contributed by atoms with van der Waals surface area (Å²) in [5.41, 5.74) is 0. The molecule has 2 rings (SSSR count). The lowest BCUT2D eigenvalue weighted by molar-refractivity contribution is 0.368. The van der Waals surface area contributed by atoms with Gasteiger partial charge in [-0.2, -0.15) is 0 Å². The maximum atomic E-state index is 5.47. The molecule has 0 N–H and O–H groups in total. The molecule has 1 heterocycles. The first kappa shape index (κ1) is 7.60. The molecule has 0 aromatic carbocycles. The zero-order valence-corrected chi connectivity index (χ0v) is 7.25. The van der Waals surface area contributed by atoms with Gasteiger partial charge in [0.1, 0.15) is 0 Å². The van der Waals surface area contributed by atoms with Gasteiger partial charge in [-0.15, -0.1) is 0 Å². The highest BCUT2D eigenvalue weighted by atomic mass is 16.6. The van der Waals surface area contributed by atoms with Crippen molar-refractivity contribution in [2.24, 2.45) is 5.92 Å². The van der Waals surface area contributed by atoms with Crippen molar-refractivity contribution in [3.05, 3.63) is 6.42 Å². The molecule has 0 spiro atoms. The Balaban J connectivity index is 1.68. The molecular weight excluding hydrogens is 136 g/mol. The quantitative estimate of drug-likeness (QED) is 0.568. The van der Waals surface area contributed by atoms with Gasteiger partial charge < -0.3 is 4.74 Å². The fraction of sp³-hybridized carbons (Fsp3) is 0.900. The molecule has 1 heteroatoms. The van der Waals surface area contributed by atoms with Crippen LogP contribution in [-0.4, -0.2) is 12.2 Å². The first-order chi connectivity index (χ1) is 5.40. The van der Waals surface area contributed by atoms with Crippen LogP contribution in [0.5, 0.6) is 0 Å². The van der Waals surface area contributed by atoms with Crippen LogP contribution in [0.3, 0.4) is 0 Å². The Morgan fingerprint density at radius 2 is 2.27 bits per heavy atom. The summed E-state index contributed by atoms with van der Waals surface area (Å²) in [5.74, 6) is 0.874. The van der Waals surface area contributed by atoms with Crippen molar-refractivity contribution in [3.63, 3.8) is 0 Å². The van der Waals surface area contributed by atoms with E-state index in [0.29, 0.717) is 12.2 Å². The molecule has 2 aliphatic rings. The SMILES string of the molecule is CCC[CH]C1CCC2OC2C1. The lowest BCUT2D eigenvalue weighted by Gasteiger charge is -2.17. The van der Waals surface area contributed by atoms with E-state index in [9.17, 15) is 0 Å². The highest BCUT2D eigenvalue weighted by Crippen LogP contribution is 2.40. The van der Waals surface area contributed by atoms with Gasteiger partial charge in [-0.25, -0.2) is 0 Å². The van der Waals surface area contributed by atoms with Crippen LogP contribution in [0, 0.1) is 12.3 Å². The highest BCUT2D eigenvalue weighted by molar-refractivity contribution is 4.95. The third kappa shape index (κ3) is 1.76. The number of hydrogen-bond donors (Lipinski definition) is 0. The Labute approximate surface area is 69.1 Å². The van der Waals surface area contributed by atoms with Gasteiger partial charge >= 0.3 is 0 Å². The molecule has 1 aliphatic heterocycles. The highest BCUT2D eigenvalue weighted by Gasteiger charge is 2.43. The fourth-order valence-corrected chi connectivity index (χ4v) is 2.05. The molecule has 1 aliphatic carbocycles. The maximum Gasteiger partial charge on any atom is 0.0844 e. The Morgan fingerprint density at radius 1 is 1.36 bits per heavy atom. The molecule has 1 saturated carbocycles. The zero-order chi connectivity index (χ0) is 7.68. The van der Waals surface area contributed by atoms with Gasteiger partial charge in [0, 0.05) is 0 Å². The van der Waals surface area contributed by atoms with E-state index in [1.54, 1.807) is 0 Å². The first-order valence-corrected chi connectivity index (χ1v) is 4.89. The van der Waals surface area contributed by atoms with E-state index in [1.165, 1.54) is 32.1 Å². The van der Waals surface area contributed by atoms with Gasteiger partial charge in [0.15, 0.2) is 0 Å². The number of rotatable bonds is 3. The van der Waals surface area contributed by atoms with Crippen LogP contribution in [-0.2, 0) is 4.74 Å². The summed E-state index contributed by atoms with van der Waals surface area (Å²) in [6.07, 6.45) is 10.4. The number of epoxide rings is 1. The second-order valence-electron chi connectivity index (χ2n) is 3.81. The van der Waals surface area contributed by atoms with E-state index < -0.39 is 0 Å². The molecule has 3 unspecified atom stereocenters. The van der Waals surface area contributed by atoms with Crippen LogP contribution in [0.25, 0.3) is 0 Å².